The fourth-order valence-corrected chi connectivity index (χ4v) is 2.08. The van der Waals surface area contributed by atoms with Crippen molar-refractivity contribution in [2.75, 3.05) is 13.7 Å². The number of rotatable bonds is 2. The second kappa shape index (κ2) is 3.70. The average molecular weight is 203 g/mol. The summed E-state index contributed by atoms with van der Waals surface area (Å²) in [6.45, 7) is 2.87. The van der Waals surface area contributed by atoms with Crippen molar-refractivity contribution in [2.24, 2.45) is 5.73 Å². The fourth-order valence-electron chi connectivity index (χ4n) is 2.08. The molecule has 0 aromatic heterocycles. The highest BCUT2D eigenvalue weighted by Crippen LogP contribution is 2.36. The summed E-state index contributed by atoms with van der Waals surface area (Å²) in [5.74, 6) is 0.906. The van der Waals surface area contributed by atoms with Crippen LogP contribution in [0.3, 0.4) is 0 Å². The van der Waals surface area contributed by atoms with Gasteiger partial charge in [0.25, 0.3) is 0 Å². The zero-order chi connectivity index (χ0) is 10.9. The van der Waals surface area contributed by atoms with E-state index in [1.807, 2.05) is 6.07 Å². The van der Waals surface area contributed by atoms with Crippen LogP contribution in [0.4, 0.5) is 0 Å². The molecule has 1 unspecified atom stereocenters. The van der Waals surface area contributed by atoms with E-state index in [-0.39, 0.29) is 5.41 Å². The number of nitrogens with two attached hydrogens (primary N) is 1. The van der Waals surface area contributed by atoms with Gasteiger partial charge in [0.05, 0.1) is 7.11 Å². The zero-order valence-electron chi connectivity index (χ0n) is 9.29. The summed E-state index contributed by atoms with van der Waals surface area (Å²) < 4.78 is 5.25. The maximum Gasteiger partial charge on any atom is 0.119 e. The fraction of sp³-hybridized carbons (Fsp3) is 0.385. The van der Waals surface area contributed by atoms with Gasteiger partial charge in [-0.25, -0.2) is 0 Å². The lowest BCUT2D eigenvalue weighted by Crippen LogP contribution is -2.33. The third-order valence-electron chi connectivity index (χ3n) is 3.23. The van der Waals surface area contributed by atoms with E-state index >= 15 is 0 Å². The molecule has 2 heteroatoms. The number of ether oxygens (including phenoxy) is 1. The molecule has 0 aliphatic heterocycles. The van der Waals surface area contributed by atoms with Gasteiger partial charge in [-0.2, -0.15) is 0 Å². The van der Waals surface area contributed by atoms with Crippen LogP contribution in [0, 0.1) is 0 Å². The minimum atomic E-state index is 0.0542. The Bertz CT molecular complexity index is 398. The van der Waals surface area contributed by atoms with Crippen LogP contribution in [0.5, 0.6) is 5.75 Å². The topological polar surface area (TPSA) is 35.2 Å². The quantitative estimate of drug-likeness (QED) is 0.800. The van der Waals surface area contributed by atoms with Crippen LogP contribution >= 0.6 is 0 Å². The standard InChI is InChI=1S/C13H17NO/c1-13(9-14)7-3-4-10-5-6-11(15-2)8-12(10)13/h3-6,8H,7,9,14H2,1-2H3. The molecule has 0 radical (unpaired) electrons. The second-order valence-electron chi connectivity index (χ2n) is 4.32. The van der Waals surface area contributed by atoms with Crippen LogP contribution in [0.25, 0.3) is 6.08 Å². The first-order chi connectivity index (χ1) is 7.19. The van der Waals surface area contributed by atoms with Crippen LogP contribution in [0.15, 0.2) is 24.3 Å². The number of methoxy groups -OCH3 is 1. The molecule has 1 aliphatic rings. The van der Waals surface area contributed by atoms with Gasteiger partial charge in [-0.15, -0.1) is 0 Å². The molecule has 0 saturated carbocycles. The van der Waals surface area contributed by atoms with Gasteiger partial charge in [0.15, 0.2) is 0 Å². The first kappa shape index (κ1) is 10.2. The van der Waals surface area contributed by atoms with Crippen molar-refractivity contribution < 1.29 is 4.74 Å². The minimum Gasteiger partial charge on any atom is -0.497 e. The molecular weight excluding hydrogens is 186 g/mol. The Labute approximate surface area is 90.7 Å². The van der Waals surface area contributed by atoms with Crippen molar-refractivity contribution in [1.82, 2.24) is 0 Å². The van der Waals surface area contributed by atoms with Gasteiger partial charge in [0.2, 0.25) is 0 Å². The molecule has 2 N–H and O–H groups in total. The van der Waals surface area contributed by atoms with Gasteiger partial charge < -0.3 is 10.5 Å². The summed E-state index contributed by atoms with van der Waals surface area (Å²) >= 11 is 0. The van der Waals surface area contributed by atoms with Gasteiger partial charge >= 0.3 is 0 Å². The molecule has 0 heterocycles. The van der Waals surface area contributed by atoms with Crippen molar-refractivity contribution in [3.05, 3.63) is 35.4 Å². The number of hydrogen-bond donors (Lipinski definition) is 1. The molecule has 1 aromatic rings. The Morgan fingerprint density at radius 1 is 1.47 bits per heavy atom. The number of hydrogen-bond acceptors (Lipinski definition) is 2. The van der Waals surface area contributed by atoms with Gasteiger partial charge in [-0.1, -0.05) is 25.1 Å². The molecule has 80 valence electrons. The smallest absolute Gasteiger partial charge is 0.119 e. The van der Waals surface area contributed by atoms with Gasteiger partial charge in [0.1, 0.15) is 5.75 Å². The SMILES string of the molecule is COc1ccc2c(c1)C(C)(CN)CC=C2. The largest absolute Gasteiger partial charge is 0.497 e. The van der Waals surface area contributed by atoms with Crippen molar-refractivity contribution in [3.63, 3.8) is 0 Å². The van der Waals surface area contributed by atoms with Crippen molar-refractivity contribution >= 4 is 6.08 Å². The summed E-state index contributed by atoms with van der Waals surface area (Å²) in [7, 11) is 1.69. The number of fused-ring (bicyclic) bond motifs is 1. The van der Waals surface area contributed by atoms with E-state index < -0.39 is 0 Å². The summed E-state index contributed by atoms with van der Waals surface area (Å²) in [4.78, 5) is 0. The molecule has 1 aromatic carbocycles. The van der Waals surface area contributed by atoms with E-state index in [9.17, 15) is 0 Å². The highest BCUT2D eigenvalue weighted by atomic mass is 16.5. The van der Waals surface area contributed by atoms with Crippen molar-refractivity contribution in [3.8, 4) is 5.75 Å². The van der Waals surface area contributed by atoms with Crippen LogP contribution in [-0.2, 0) is 5.41 Å². The first-order valence-electron chi connectivity index (χ1n) is 5.25. The van der Waals surface area contributed by atoms with Crippen LogP contribution in [0.2, 0.25) is 0 Å². The highest BCUT2D eigenvalue weighted by Gasteiger charge is 2.28. The lowest BCUT2D eigenvalue weighted by molar-refractivity contribution is 0.410. The number of allylic oxidation sites excluding steroid dienone is 1. The third kappa shape index (κ3) is 1.65. The highest BCUT2D eigenvalue weighted by molar-refractivity contribution is 5.61. The minimum absolute atomic E-state index is 0.0542. The van der Waals surface area contributed by atoms with Gasteiger partial charge in [0, 0.05) is 12.0 Å². The summed E-state index contributed by atoms with van der Waals surface area (Å²) in [5.41, 5.74) is 8.48. The molecule has 2 rings (SSSR count). The van der Waals surface area contributed by atoms with E-state index in [4.69, 9.17) is 10.5 Å². The normalized spacial score (nSPS) is 23.7. The predicted molar refractivity (Wildman–Crippen MR) is 63.1 cm³/mol. The molecule has 0 spiro atoms. The Morgan fingerprint density at radius 2 is 2.27 bits per heavy atom. The van der Waals surface area contributed by atoms with Crippen molar-refractivity contribution in [2.45, 2.75) is 18.8 Å². The van der Waals surface area contributed by atoms with Gasteiger partial charge in [-0.3, -0.25) is 0 Å². The van der Waals surface area contributed by atoms with E-state index in [0.29, 0.717) is 6.54 Å². The lowest BCUT2D eigenvalue weighted by Gasteiger charge is -2.32. The average Bonchev–Trinajstić information content (AvgIpc) is 2.29. The Balaban J connectivity index is 2.54. The molecule has 0 bridgehead atoms. The molecule has 2 nitrogen and oxygen atoms in total. The summed E-state index contributed by atoms with van der Waals surface area (Å²) in [6, 6.07) is 6.19. The van der Waals surface area contributed by atoms with E-state index in [1.165, 1.54) is 11.1 Å². The predicted octanol–water partition coefficient (Wildman–Crippen LogP) is 2.33. The molecule has 1 atom stereocenters. The van der Waals surface area contributed by atoms with Crippen molar-refractivity contribution in [1.29, 1.82) is 0 Å². The molecule has 1 aliphatic carbocycles. The Morgan fingerprint density at radius 3 is 2.93 bits per heavy atom. The Kier molecular flexibility index (Phi) is 2.53. The maximum atomic E-state index is 5.87. The van der Waals surface area contributed by atoms with Gasteiger partial charge in [-0.05, 0) is 29.7 Å². The van der Waals surface area contributed by atoms with E-state index in [0.717, 1.165) is 12.2 Å². The zero-order valence-corrected chi connectivity index (χ0v) is 9.29. The summed E-state index contributed by atoms with van der Waals surface area (Å²) in [5, 5.41) is 0. The van der Waals surface area contributed by atoms with Crippen LogP contribution in [-0.4, -0.2) is 13.7 Å². The number of benzene rings is 1. The maximum absolute atomic E-state index is 5.87. The molecule has 0 amide bonds. The summed E-state index contributed by atoms with van der Waals surface area (Å²) in [6.07, 6.45) is 5.36. The molecule has 0 fully saturated rings. The monoisotopic (exact) mass is 203 g/mol. The van der Waals surface area contributed by atoms with Crippen LogP contribution < -0.4 is 10.5 Å². The second-order valence-corrected chi connectivity index (χ2v) is 4.32. The van der Waals surface area contributed by atoms with E-state index in [2.05, 4.69) is 31.2 Å². The lowest BCUT2D eigenvalue weighted by atomic mass is 9.74. The molecular formula is C13H17NO. The van der Waals surface area contributed by atoms with E-state index in [1.54, 1.807) is 7.11 Å². The third-order valence-corrected chi connectivity index (χ3v) is 3.23. The van der Waals surface area contributed by atoms with Crippen LogP contribution in [0.1, 0.15) is 24.5 Å². The first-order valence-corrected chi connectivity index (χ1v) is 5.25. The molecule has 0 saturated heterocycles. The Hall–Kier alpha value is -1.28. The molecule has 15 heavy (non-hydrogen) atoms.